The second kappa shape index (κ2) is 11.5. The molecule has 0 fully saturated rings. The molecule has 3 rings (SSSR count). The van der Waals surface area contributed by atoms with E-state index in [4.69, 9.17) is 4.74 Å². The van der Waals surface area contributed by atoms with Crippen LogP contribution in [0, 0.1) is 27.7 Å². The third kappa shape index (κ3) is 6.93. The minimum absolute atomic E-state index is 0.112. The quantitative estimate of drug-likeness (QED) is 0.451. The molecule has 0 atom stereocenters. The number of aryl methyl sites for hydroxylation is 4. The van der Waals surface area contributed by atoms with Gasteiger partial charge in [-0.2, -0.15) is 4.31 Å². The summed E-state index contributed by atoms with van der Waals surface area (Å²) in [6.07, 6.45) is 0.636. The van der Waals surface area contributed by atoms with Gasteiger partial charge in [-0.05, 0) is 68.5 Å². The van der Waals surface area contributed by atoms with Crippen molar-refractivity contribution >= 4 is 15.9 Å². The standard InChI is InChI=1S/C28H34N2O4S/c1-20-6-8-25(9-7-20)18-30(35(32,33)28-22(3)16-21(2)17-23(28)4)19-27(31)29-15-14-24-10-12-26(34-5)13-11-24/h6-13,16-17H,14-15,18-19H2,1-5H3,(H,29,31). The van der Waals surface area contributed by atoms with Crippen LogP contribution >= 0.6 is 0 Å². The van der Waals surface area contributed by atoms with Gasteiger partial charge in [0.2, 0.25) is 15.9 Å². The van der Waals surface area contributed by atoms with Gasteiger partial charge in [-0.25, -0.2) is 8.42 Å². The van der Waals surface area contributed by atoms with E-state index in [-0.39, 0.29) is 23.9 Å². The number of carbonyl (C=O) groups is 1. The van der Waals surface area contributed by atoms with E-state index in [1.807, 2.05) is 74.5 Å². The van der Waals surface area contributed by atoms with E-state index in [1.165, 1.54) is 4.31 Å². The first-order valence-electron chi connectivity index (χ1n) is 11.6. The number of carbonyl (C=O) groups excluding carboxylic acids is 1. The second-order valence-corrected chi connectivity index (χ2v) is 10.8. The second-order valence-electron chi connectivity index (χ2n) is 8.93. The van der Waals surface area contributed by atoms with Crippen LogP contribution in [0.4, 0.5) is 0 Å². The van der Waals surface area contributed by atoms with Crippen LogP contribution in [0.5, 0.6) is 5.75 Å². The predicted molar refractivity (Wildman–Crippen MR) is 139 cm³/mol. The van der Waals surface area contributed by atoms with Crippen molar-refractivity contribution in [2.75, 3.05) is 20.2 Å². The van der Waals surface area contributed by atoms with Gasteiger partial charge in [0, 0.05) is 13.1 Å². The van der Waals surface area contributed by atoms with Gasteiger partial charge < -0.3 is 10.1 Å². The summed E-state index contributed by atoms with van der Waals surface area (Å²) in [7, 11) is -2.29. The highest BCUT2D eigenvalue weighted by Crippen LogP contribution is 2.26. The molecule has 0 aliphatic carbocycles. The average Bonchev–Trinajstić information content (AvgIpc) is 2.79. The molecule has 3 aromatic rings. The number of hydrogen-bond donors (Lipinski definition) is 1. The van der Waals surface area contributed by atoms with Gasteiger partial charge in [0.15, 0.2) is 0 Å². The lowest BCUT2D eigenvalue weighted by atomic mass is 10.1. The normalized spacial score (nSPS) is 11.5. The molecule has 1 N–H and O–H groups in total. The van der Waals surface area contributed by atoms with Gasteiger partial charge in [-0.3, -0.25) is 4.79 Å². The van der Waals surface area contributed by atoms with Crippen LogP contribution in [0.2, 0.25) is 0 Å². The first-order valence-corrected chi connectivity index (χ1v) is 13.1. The summed E-state index contributed by atoms with van der Waals surface area (Å²) < 4.78 is 34.0. The lowest BCUT2D eigenvalue weighted by Gasteiger charge is -2.24. The van der Waals surface area contributed by atoms with Crippen molar-refractivity contribution in [1.82, 2.24) is 9.62 Å². The minimum atomic E-state index is -3.91. The predicted octanol–water partition coefficient (Wildman–Crippen LogP) is 4.48. The molecule has 0 aliphatic heterocycles. The van der Waals surface area contributed by atoms with Crippen molar-refractivity contribution in [2.24, 2.45) is 0 Å². The molecule has 0 aliphatic rings. The Hall–Kier alpha value is -3.16. The molecule has 6 nitrogen and oxygen atoms in total. The number of sulfonamides is 1. The summed E-state index contributed by atoms with van der Waals surface area (Å²) in [5.41, 5.74) is 5.33. The molecule has 0 saturated carbocycles. The van der Waals surface area contributed by atoms with E-state index in [1.54, 1.807) is 21.0 Å². The van der Waals surface area contributed by atoms with Crippen LogP contribution in [0.15, 0.2) is 65.6 Å². The number of ether oxygens (including phenoxy) is 1. The van der Waals surface area contributed by atoms with E-state index >= 15 is 0 Å². The molecule has 1 amide bonds. The molecule has 0 saturated heterocycles. The summed E-state index contributed by atoms with van der Waals surface area (Å²) >= 11 is 0. The van der Waals surface area contributed by atoms with E-state index in [0.717, 1.165) is 28.0 Å². The van der Waals surface area contributed by atoms with Crippen LogP contribution in [0.1, 0.15) is 33.4 Å². The number of amides is 1. The Morgan fingerprint density at radius 3 is 2.00 bits per heavy atom. The monoisotopic (exact) mass is 494 g/mol. The molecular weight excluding hydrogens is 460 g/mol. The SMILES string of the molecule is COc1ccc(CCNC(=O)CN(Cc2ccc(C)cc2)S(=O)(=O)c2c(C)cc(C)cc2C)cc1. The highest BCUT2D eigenvalue weighted by atomic mass is 32.2. The summed E-state index contributed by atoms with van der Waals surface area (Å²) in [5.74, 6) is 0.438. The maximum absolute atomic E-state index is 13.8. The molecule has 0 spiro atoms. The lowest BCUT2D eigenvalue weighted by molar-refractivity contribution is -0.121. The van der Waals surface area contributed by atoms with Gasteiger partial charge in [0.05, 0.1) is 18.6 Å². The first kappa shape index (κ1) is 26.4. The number of hydrogen-bond acceptors (Lipinski definition) is 4. The van der Waals surface area contributed by atoms with E-state index in [9.17, 15) is 13.2 Å². The Kier molecular flexibility index (Phi) is 8.70. The fourth-order valence-corrected chi connectivity index (χ4v) is 5.98. The van der Waals surface area contributed by atoms with Crippen LogP contribution < -0.4 is 10.1 Å². The summed E-state index contributed by atoms with van der Waals surface area (Å²) in [4.78, 5) is 13.1. The number of nitrogens with one attached hydrogen (secondary N) is 1. The van der Waals surface area contributed by atoms with E-state index in [2.05, 4.69) is 5.32 Å². The molecule has 3 aromatic carbocycles. The van der Waals surface area contributed by atoms with Gasteiger partial charge in [0.1, 0.15) is 5.75 Å². The fraction of sp³-hybridized carbons (Fsp3) is 0.321. The number of benzene rings is 3. The molecule has 0 unspecified atom stereocenters. The zero-order valence-corrected chi connectivity index (χ0v) is 21.9. The largest absolute Gasteiger partial charge is 0.497 e. The Morgan fingerprint density at radius 2 is 1.43 bits per heavy atom. The molecule has 7 heteroatoms. The Morgan fingerprint density at radius 1 is 0.857 bits per heavy atom. The highest BCUT2D eigenvalue weighted by molar-refractivity contribution is 7.89. The Labute approximate surface area is 209 Å². The maximum Gasteiger partial charge on any atom is 0.244 e. The minimum Gasteiger partial charge on any atom is -0.497 e. The molecule has 0 heterocycles. The zero-order valence-electron chi connectivity index (χ0n) is 21.1. The first-order chi connectivity index (χ1) is 16.6. The molecule has 35 heavy (non-hydrogen) atoms. The Balaban J connectivity index is 1.78. The summed E-state index contributed by atoms with van der Waals surface area (Å²) in [6.45, 7) is 7.78. The van der Waals surface area contributed by atoms with E-state index in [0.29, 0.717) is 24.1 Å². The lowest BCUT2D eigenvalue weighted by Crippen LogP contribution is -2.41. The van der Waals surface area contributed by atoms with Crippen molar-refractivity contribution in [3.8, 4) is 5.75 Å². The van der Waals surface area contributed by atoms with Gasteiger partial charge in [0.25, 0.3) is 0 Å². The van der Waals surface area contributed by atoms with Crippen LogP contribution in [0.3, 0.4) is 0 Å². The zero-order chi connectivity index (χ0) is 25.6. The van der Waals surface area contributed by atoms with Crippen molar-refractivity contribution < 1.29 is 17.9 Å². The molecular formula is C28H34N2O4S. The molecule has 0 bridgehead atoms. The topological polar surface area (TPSA) is 75.7 Å². The van der Waals surface area contributed by atoms with Crippen molar-refractivity contribution in [3.63, 3.8) is 0 Å². The number of rotatable bonds is 10. The van der Waals surface area contributed by atoms with E-state index < -0.39 is 10.0 Å². The molecule has 0 aromatic heterocycles. The van der Waals surface area contributed by atoms with Crippen molar-refractivity contribution in [2.45, 2.75) is 45.6 Å². The van der Waals surface area contributed by atoms with Gasteiger partial charge >= 0.3 is 0 Å². The maximum atomic E-state index is 13.8. The summed E-state index contributed by atoms with van der Waals surface area (Å²) in [6, 6.07) is 19.0. The third-order valence-corrected chi connectivity index (χ3v) is 7.99. The number of methoxy groups -OCH3 is 1. The van der Waals surface area contributed by atoms with Crippen molar-refractivity contribution in [3.05, 3.63) is 94.0 Å². The van der Waals surface area contributed by atoms with Crippen LogP contribution in [0.25, 0.3) is 0 Å². The van der Waals surface area contributed by atoms with Gasteiger partial charge in [-0.1, -0.05) is 59.7 Å². The van der Waals surface area contributed by atoms with Crippen LogP contribution in [-0.4, -0.2) is 38.8 Å². The fourth-order valence-electron chi connectivity index (χ4n) is 4.18. The number of nitrogens with zero attached hydrogens (tertiary/aromatic N) is 1. The summed E-state index contributed by atoms with van der Waals surface area (Å²) in [5, 5.41) is 2.87. The Bertz CT molecular complexity index is 1240. The molecule has 186 valence electrons. The van der Waals surface area contributed by atoms with Gasteiger partial charge in [-0.15, -0.1) is 0 Å². The third-order valence-electron chi connectivity index (χ3n) is 5.90. The smallest absolute Gasteiger partial charge is 0.244 e. The highest BCUT2D eigenvalue weighted by Gasteiger charge is 2.29. The van der Waals surface area contributed by atoms with Crippen molar-refractivity contribution in [1.29, 1.82) is 0 Å². The molecule has 0 radical (unpaired) electrons. The average molecular weight is 495 g/mol. The van der Waals surface area contributed by atoms with Crippen LogP contribution in [-0.2, 0) is 27.8 Å².